The van der Waals surface area contributed by atoms with Crippen LogP contribution < -0.4 is 4.74 Å². The molecule has 1 atom stereocenters. The Balaban J connectivity index is 1.46. The van der Waals surface area contributed by atoms with Gasteiger partial charge in [0, 0.05) is 34.9 Å². The highest BCUT2D eigenvalue weighted by molar-refractivity contribution is 7.17. The molecule has 7 heteroatoms. The molecule has 0 spiro atoms. The quantitative estimate of drug-likeness (QED) is 0.104. The Labute approximate surface area is 246 Å². The Morgan fingerprint density at radius 3 is 2.73 bits per heavy atom. The fourth-order valence-corrected chi connectivity index (χ4v) is 5.77. The largest absolute Gasteiger partial charge is 0.493 e. The number of carboxylic acid groups (broad SMARTS) is 1. The molecule has 1 saturated heterocycles. The number of rotatable bonds is 12. The molecule has 1 aliphatic rings. The molecule has 0 unspecified atom stereocenters. The number of carboxylic acids is 1. The molecule has 3 aromatic rings. The van der Waals surface area contributed by atoms with Gasteiger partial charge in [-0.25, -0.2) is 4.99 Å². The maximum Gasteiger partial charge on any atom is 0.304 e. The topological polar surface area (TPSA) is 77.4 Å². The first-order chi connectivity index (χ1) is 19.9. The maximum absolute atomic E-state index is 11.2. The van der Waals surface area contributed by atoms with Gasteiger partial charge < -0.3 is 19.3 Å². The van der Waals surface area contributed by atoms with E-state index in [9.17, 15) is 4.79 Å². The highest BCUT2D eigenvalue weighted by atomic mass is 32.1. The summed E-state index contributed by atoms with van der Waals surface area (Å²) < 4.78 is 18.7. The van der Waals surface area contributed by atoms with Crippen LogP contribution >= 0.6 is 11.3 Å². The molecular weight excluding hydrogens is 534 g/mol. The first-order valence-corrected chi connectivity index (χ1v) is 14.7. The Bertz CT molecular complexity index is 1500. The van der Waals surface area contributed by atoms with Crippen LogP contribution in [-0.2, 0) is 20.9 Å². The Kier molecular flexibility index (Phi) is 10.8. The van der Waals surface area contributed by atoms with Crippen molar-refractivity contribution in [3.8, 4) is 28.7 Å². The van der Waals surface area contributed by atoms with Gasteiger partial charge in [0.05, 0.1) is 18.9 Å². The van der Waals surface area contributed by atoms with Gasteiger partial charge in [0.1, 0.15) is 12.4 Å². The molecule has 0 bridgehead atoms. The number of hydrogen-bond acceptors (Lipinski definition) is 6. The Hall–Kier alpha value is -3.86. The van der Waals surface area contributed by atoms with Crippen molar-refractivity contribution in [2.45, 2.75) is 46.6 Å². The normalized spacial score (nSPS) is 15.2. The van der Waals surface area contributed by atoms with Crippen molar-refractivity contribution in [1.29, 1.82) is 0 Å². The average Bonchev–Trinajstić information content (AvgIpc) is 3.39. The number of nitrogens with zero attached hydrogens (tertiary/aromatic N) is 1. The van der Waals surface area contributed by atoms with Crippen molar-refractivity contribution >= 4 is 34.1 Å². The summed E-state index contributed by atoms with van der Waals surface area (Å²) in [6.45, 7) is 12.0. The van der Waals surface area contributed by atoms with Gasteiger partial charge in [-0.05, 0) is 92.6 Å². The lowest BCUT2D eigenvalue weighted by Gasteiger charge is -2.22. The number of aliphatic imine (C=N–C) groups is 1. The van der Waals surface area contributed by atoms with E-state index in [1.54, 1.807) is 30.4 Å². The minimum absolute atomic E-state index is 0.0523. The van der Waals surface area contributed by atoms with E-state index in [1.165, 1.54) is 26.8 Å². The Morgan fingerprint density at radius 2 is 2.02 bits per heavy atom. The number of aryl methyl sites for hydroxylation is 1. The summed E-state index contributed by atoms with van der Waals surface area (Å²) in [5.41, 5.74) is 5.40. The third-order valence-electron chi connectivity index (χ3n) is 7.23. The van der Waals surface area contributed by atoms with Crippen LogP contribution in [0.3, 0.4) is 0 Å². The minimum atomic E-state index is -0.888. The minimum Gasteiger partial charge on any atom is -0.493 e. The summed E-state index contributed by atoms with van der Waals surface area (Å²) in [5, 5.41) is 12.6. The van der Waals surface area contributed by atoms with Gasteiger partial charge in [-0.15, -0.1) is 17.3 Å². The molecule has 0 amide bonds. The lowest BCUT2D eigenvalue weighted by molar-refractivity contribution is -0.137. The zero-order chi connectivity index (χ0) is 29.2. The number of hydrogen-bond donors (Lipinski definition) is 1. The molecule has 1 N–H and O–H groups in total. The SMILES string of the molecule is C=N/C(=C\C=C(/C)[C@@H](C#CC)CC(=O)O)OCc1ccc2scc(-c3ccc(OCC4CCOCC4)cc3C)c2c1. The van der Waals surface area contributed by atoms with Crippen LogP contribution in [0, 0.1) is 30.6 Å². The molecular formula is C34H37NO5S. The first kappa shape index (κ1) is 30.1. The standard InChI is InChI=1S/C34H37NO5S/c1-5-6-27(19-34(36)37)23(2)7-12-33(35-4)40-21-26-8-11-32-30(18-26)31(22-41-32)29-10-9-28(17-24(29)3)39-20-25-13-15-38-16-14-25/h7-12,17-18,22,25,27H,4,13-16,19-21H2,1-3H3,(H,36,37)/b23-7+,33-12+/t27-/m0/s1. The van der Waals surface area contributed by atoms with E-state index in [1.807, 2.05) is 6.92 Å². The van der Waals surface area contributed by atoms with Crippen molar-refractivity contribution in [1.82, 2.24) is 0 Å². The monoisotopic (exact) mass is 571 g/mol. The van der Waals surface area contributed by atoms with Gasteiger partial charge in [0.25, 0.3) is 0 Å². The second kappa shape index (κ2) is 14.7. The summed E-state index contributed by atoms with van der Waals surface area (Å²) in [6, 6.07) is 12.7. The highest BCUT2D eigenvalue weighted by Gasteiger charge is 2.16. The average molecular weight is 572 g/mol. The van der Waals surface area contributed by atoms with Crippen molar-refractivity contribution in [2.24, 2.45) is 16.8 Å². The zero-order valence-electron chi connectivity index (χ0n) is 23.9. The van der Waals surface area contributed by atoms with E-state index in [0.29, 0.717) is 18.4 Å². The second-order valence-electron chi connectivity index (χ2n) is 10.2. The predicted molar refractivity (Wildman–Crippen MR) is 166 cm³/mol. The van der Waals surface area contributed by atoms with Crippen LogP contribution in [0.15, 0.2) is 70.4 Å². The van der Waals surface area contributed by atoms with Crippen LogP contribution in [-0.4, -0.2) is 37.6 Å². The summed E-state index contributed by atoms with van der Waals surface area (Å²) in [5.74, 6) is 6.32. The molecule has 4 rings (SSSR count). The maximum atomic E-state index is 11.2. The number of thiophene rings is 1. The van der Waals surface area contributed by atoms with Crippen LogP contribution in [0.1, 0.15) is 44.2 Å². The summed E-state index contributed by atoms with van der Waals surface area (Å²) in [6.07, 6.45) is 5.56. The van der Waals surface area contributed by atoms with Gasteiger partial charge >= 0.3 is 5.97 Å². The molecule has 6 nitrogen and oxygen atoms in total. The van der Waals surface area contributed by atoms with Gasteiger partial charge in [-0.1, -0.05) is 29.7 Å². The number of allylic oxidation sites excluding steroid dienone is 3. The third-order valence-corrected chi connectivity index (χ3v) is 8.19. The fourth-order valence-electron chi connectivity index (χ4n) is 4.83. The van der Waals surface area contributed by atoms with E-state index in [4.69, 9.17) is 19.3 Å². The van der Waals surface area contributed by atoms with E-state index in [2.05, 4.69) is 72.3 Å². The lowest BCUT2D eigenvalue weighted by atomic mass is 9.97. The van der Waals surface area contributed by atoms with E-state index >= 15 is 0 Å². The number of ether oxygens (including phenoxy) is 3. The predicted octanol–water partition coefficient (Wildman–Crippen LogP) is 7.80. The van der Waals surface area contributed by atoms with Crippen molar-refractivity contribution < 1.29 is 24.1 Å². The van der Waals surface area contributed by atoms with Crippen LogP contribution in [0.5, 0.6) is 5.75 Å². The molecule has 0 radical (unpaired) electrons. The van der Waals surface area contributed by atoms with Crippen molar-refractivity contribution in [3.05, 3.63) is 76.5 Å². The molecule has 214 valence electrons. The van der Waals surface area contributed by atoms with E-state index in [0.717, 1.165) is 49.5 Å². The van der Waals surface area contributed by atoms with Crippen molar-refractivity contribution in [3.63, 3.8) is 0 Å². The van der Waals surface area contributed by atoms with Gasteiger partial charge in [0.15, 0.2) is 0 Å². The van der Waals surface area contributed by atoms with Gasteiger partial charge in [0.2, 0.25) is 5.88 Å². The lowest BCUT2D eigenvalue weighted by Crippen LogP contribution is -2.21. The number of carbonyl (C=O) groups is 1. The Morgan fingerprint density at radius 1 is 1.22 bits per heavy atom. The van der Waals surface area contributed by atoms with Gasteiger partial charge in [-0.3, -0.25) is 4.79 Å². The van der Waals surface area contributed by atoms with Crippen molar-refractivity contribution in [2.75, 3.05) is 19.8 Å². The molecule has 1 aliphatic heterocycles. The summed E-state index contributed by atoms with van der Waals surface area (Å²) >= 11 is 1.73. The smallest absolute Gasteiger partial charge is 0.304 e. The molecule has 2 heterocycles. The summed E-state index contributed by atoms with van der Waals surface area (Å²) in [4.78, 5) is 15.2. The first-order valence-electron chi connectivity index (χ1n) is 13.8. The second-order valence-corrected chi connectivity index (χ2v) is 11.1. The van der Waals surface area contributed by atoms with E-state index < -0.39 is 5.97 Å². The molecule has 0 saturated carbocycles. The zero-order valence-corrected chi connectivity index (χ0v) is 24.8. The van der Waals surface area contributed by atoms with Gasteiger partial charge in [-0.2, -0.15) is 0 Å². The van der Waals surface area contributed by atoms with Crippen LogP contribution in [0.4, 0.5) is 0 Å². The van der Waals surface area contributed by atoms with Crippen LogP contribution in [0.25, 0.3) is 21.2 Å². The molecule has 1 aromatic heterocycles. The molecule has 1 fully saturated rings. The third kappa shape index (κ3) is 8.32. The molecule has 2 aromatic carbocycles. The van der Waals surface area contributed by atoms with Crippen LogP contribution in [0.2, 0.25) is 0 Å². The number of aliphatic carboxylic acids is 1. The summed E-state index contributed by atoms with van der Waals surface area (Å²) in [7, 11) is 0. The van der Waals surface area contributed by atoms with E-state index in [-0.39, 0.29) is 12.3 Å². The fraction of sp³-hybridized carbons (Fsp3) is 0.353. The number of benzene rings is 2. The molecule has 41 heavy (non-hydrogen) atoms. The molecule has 0 aliphatic carbocycles. The highest BCUT2D eigenvalue weighted by Crippen LogP contribution is 2.37. The number of fused-ring (bicyclic) bond motifs is 1.